The van der Waals surface area contributed by atoms with Gasteiger partial charge in [0.25, 0.3) is 0 Å². The van der Waals surface area contributed by atoms with Crippen molar-refractivity contribution in [3.05, 3.63) is 52.7 Å². The van der Waals surface area contributed by atoms with Gasteiger partial charge in [-0.2, -0.15) is 5.26 Å². The number of hydrogen-bond acceptors (Lipinski definition) is 5. The second kappa shape index (κ2) is 5.60. The van der Waals surface area contributed by atoms with Gasteiger partial charge in [0.2, 0.25) is 0 Å². The van der Waals surface area contributed by atoms with Gasteiger partial charge in [0.15, 0.2) is 0 Å². The molecule has 0 amide bonds. The molecule has 4 rings (SSSR count). The second-order valence-corrected chi connectivity index (χ2v) is 6.65. The van der Waals surface area contributed by atoms with Crippen molar-refractivity contribution in [3.8, 4) is 22.9 Å². The Kier molecular flexibility index (Phi) is 3.48. The first-order chi connectivity index (χ1) is 12.5. The molecule has 0 fully saturated rings. The lowest BCUT2D eigenvalue weighted by atomic mass is 9.92. The Hall–Kier alpha value is -3.33. The fourth-order valence-electron chi connectivity index (χ4n) is 4.01. The van der Waals surface area contributed by atoms with E-state index in [1.165, 1.54) is 0 Å². The highest BCUT2D eigenvalue weighted by Crippen LogP contribution is 2.46. The smallest absolute Gasteiger partial charge is 0.148 e. The molecule has 2 aliphatic heterocycles. The molecule has 6 heteroatoms. The van der Waals surface area contributed by atoms with Gasteiger partial charge in [0.1, 0.15) is 23.7 Å². The Labute approximate surface area is 152 Å². The molecule has 1 aromatic carbocycles. The average molecular weight is 347 g/mol. The van der Waals surface area contributed by atoms with Gasteiger partial charge in [0, 0.05) is 29.9 Å². The molecule has 0 saturated carbocycles. The molecule has 6 nitrogen and oxygen atoms in total. The molecule has 0 saturated heterocycles. The van der Waals surface area contributed by atoms with Crippen molar-refractivity contribution in [3.63, 3.8) is 0 Å². The van der Waals surface area contributed by atoms with Crippen LogP contribution >= 0.6 is 0 Å². The number of benzene rings is 1. The maximum atomic E-state index is 9.75. The van der Waals surface area contributed by atoms with Gasteiger partial charge in [0.05, 0.1) is 18.5 Å². The molecule has 0 radical (unpaired) electrons. The number of methoxy groups -OCH3 is 1. The van der Waals surface area contributed by atoms with Crippen LogP contribution in [-0.2, 0) is 0 Å². The molecule has 2 aromatic rings. The minimum Gasteiger partial charge on any atom is -0.496 e. The van der Waals surface area contributed by atoms with Gasteiger partial charge < -0.3 is 25.3 Å². The zero-order valence-electron chi connectivity index (χ0n) is 15.3. The summed E-state index contributed by atoms with van der Waals surface area (Å²) in [5.74, 6) is 0.806. The normalized spacial score (nSPS) is 17.3. The first kappa shape index (κ1) is 16.2. The van der Waals surface area contributed by atoms with E-state index in [4.69, 9.17) is 10.5 Å². The monoisotopic (exact) mass is 347 g/mol. The highest BCUT2D eigenvalue weighted by atomic mass is 16.5. The van der Waals surface area contributed by atoms with E-state index in [0.717, 1.165) is 39.4 Å². The van der Waals surface area contributed by atoms with Gasteiger partial charge in [-0.25, -0.2) is 0 Å². The number of rotatable bonds is 2. The number of fused-ring (bicyclic) bond motifs is 3. The van der Waals surface area contributed by atoms with Crippen LogP contribution in [0.3, 0.4) is 0 Å². The first-order valence-electron chi connectivity index (χ1n) is 8.47. The largest absolute Gasteiger partial charge is 0.496 e. The van der Waals surface area contributed by atoms with Crippen LogP contribution in [-0.4, -0.2) is 16.6 Å². The second-order valence-electron chi connectivity index (χ2n) is 6.65. The number of nitrogens with zero attached hydrogens (tertiary/aromatic N) is 3. The van der Waals surface area contributed by atoms with E-state index in [0.29, 0.717) is 11.4 Å². The van der Waals surface area contributed by atoms with Crippen LogP contribution in [0.5, 0.6) is 5.75 Å². The van der Waals surface area contributed by atoms with Crippen LogP contribution in [0, 0.1) is 25.2 Å². The minimum atomic E-state index is -0.0931. The summed E-state index contributed by atoms with van der Waals surface area (Å²) < 4.78 is 7.44. The van der Waals surface area contributed by atoms with E-state index in [9.17, 15) is 5.26 Å². The van der Waals surface area contributed by atoms with Gasteiger partial charge in [-0.1, -0.05) is 6.07 Å². The summed E-state index contributed by atoms with van der Waals surface area (Å²) in [5.41, 5.74) is 13.5. The third-order valence-electron chi connectivity index (χ3n) is 5.23. The molecule has 1 aromatic heterocycles. The van der Waals surface area contributed by atoms with E-state index < -0.39 is 0 Å². The molecule has 0 spiro atoms. The third-order valence-corrected chi connectivity index (χ3v) is 5.23. The van der Waals surface area contributed by atoms with Crippen molar-refractivity contribution in [1.82, 2.24) is 14.8 Å². The predicted molar refractivity (Wildman–Crippen MR) is 102 cm³/mol. The maximum absolute atomic E-state index is 9.75. The lowest BCUT2D eigenvalue weighted by molar-refractivity contribution is 0.330. The molecule has 0 bridgehead atoms. The highest BCUT2D eigenvalue weighted by molar-refractivity contribution is 5.89. The number of ether oxygens (including phenoxy) is 1. The third kappa shape index (κ3) is 1.97. The molecule has 2 aliphatic rings. The van der Waals surface area contributed by atoms with Gasteiger partial charge >= 0.3 is 0 Å². The Bertz CT molecular complexity index is 1020. The summed E-state index contributed by atoms with van der Waals surface area (Å²) in [6, 6.07) is 6.27. The summed E-state index contributed by atoms with van der Waals surface area (Å²) in [5, 5.41) is 13.1. The topological polar surface area (TPSA) is 79.2 Å². The lowest BCUT2D eigenvalue weighted by Crippen LogP contribution is -2.31. The Morgan fingerprint density at radius 2 is 2.00 bits per heavy atom. The summed E-state index contributed by atoms with van der Waals surface area (Å²) in [6.45, 7) is 6.10. The number of aromatic nitrogens is 1. The van der Waals surface area contributed by atoms with Crippen molar-refractivity contribution < 1.29 is 4.74 Å². The number of nitrogen functional groups attached to an aromatic ring is 1. The quantitative estimate of drug-likeness (QED) is 0.870. The van der Waals surface area contributed by atoms with Crippen molar-refractivity contribution in [2.75, 3.05) is 12.8 Å². The summed E-state index contributed by atoms with van der Waals surface area (Å²) >= 11 is 0. The number of nitriles is 1. The zero-order chi connectivity index (χ0) is 18.6. The molecule has 3 heterocycles. The fourth-order valence-corrected chi connectivity index (χ4v) is 4.01. The maximum Gasteiger partial charge on any atom is 0.148 e. The van der Waals surface area contributed by atoms with Gasteiger partial charge in [-0.15, -0.1) is 0 Å². The Morgan fingerprint density at radius 3 is 2.69 bits per heavy atom. The zero-order valence-corrected chi connectivity index (χ0v) is 15.3. The van der Waals surface area contributed by atoms with Crippen LogP contribution in [0.4, 0.5) is 5.69 Å². The average Bonchev–Trinajstić information content (AvgIpc) is 3.19. The van der Waals surface area contributed by atoms with Crippen LogP contribution in [0.25, 0.3) is 17.3 Å². The summed E-state index contributed by atoms with van der Waals surface area (Å²) in [7, 11) is 1.66. The van der Waals surface area contributed by atoms with E-state index in [1.54, 1.807) is 7.11 Å². The molecule has 3 N–H and O–H groups in total. The summed E-state index contributed by atoms with van der Waals surface area (Å²) in [4.78, 5) is 2.14. The fraction of sp³-hybridized carbons (Fsp3) is 0.250. The number of anilines is 1. The number of nitrogens with one attached hydrogen (secondary N) is 1. The van der Waals surface area contributed by atoms with Crippen molar-refractivity contribution in [1.29, 1.82) is 5.26 Å². The minimum absolute atomic E-state index is 0.0931. The van der Waals surface area contributed by atoms with E-state index in [2.05, 4.69) is 23.2 Å². The van der Waals surface area contributed by atoms with Gasteiger partial charge in [-0.05, 0) is 43.5 Å². The van der Waals surface area contributed by atoms with E-state index in [-0.39, 0.29) is 6.17 Å². The van der Waals surface area contributed by atoms with Crippen LogP contribution < -0.4 is 15.8 Å². The molecule has 132 valence electrons. The standard InChI is InChI=1S/C20H21N5O/c1-11-5-6-15(26-4)13(3)16(11)17-18(22)14(9-21)25-10-12(2)24-8-7-23-20(24)19(17)25/h5-8,10,20,23H,22H2,1-4H3. The molecular formula is C20H21N5O. The molecule has 1 atom stereocenters. The van der Waals surface area contributed by atoms with Gasteiger partial charge in [-0.3, -0.25) is 0 Å². The predicted octanol–water partition coefficient (Wildman–Crippen LogP) is 3.44. The number of nitrogens with two attached hydrogens (primary N) is 1. The molecular weight excluding hydrogens is 326 g/mol. The molecule has 1 unspecified atom stereocenters. The lowest BCUT2D eigenvalue weighted by Gasteiger charge is -2.32. The van der Waals surface area contributed by atoms with Crippen molar-refractivity contribution >= 4 is 11.9 Å². The Morgan fingerprint density at radius 1 is 1.23 bits per heavy atom. The molecule has 0 aliphatic carbocycles. The first-order valence-corrected chi connectivity index (χ1v) is 8.47. The Balaban J connectivity index is 2.09. The number of allylic oxidation sites excluding steroid dienone is 1. The number of aryl methyl sites for hydroxylation is 1. The van der Waals surface area contributed by atoms with E-state index in [1.807, 2.05) is 49.1 Å². The van der Waals surface area contributed by atoms with Crippen LogP contribution in [0.2, 0.25) is 0 Å². The SMILES string of the molecule is COc1ccc(C)c(-c2c(N)c(C#N)n3c2C2NC=CN2C(C)=C3)c1C. The molecule has 26 heavy (non-hydrogen) atoms. The number of hydrogen-bond donors (Lipinski definition) is 2. The van der Waals surface area contributed by atoms with Crippen LogP contribution in [0.15, 0.2) is 30.2 Å². The van der Waals surface area contributed by atoms with Crippen molar-refractivity contribution in [2.45, 2.75) is 26.9 Å². The van der Waals surface area contributed by atoms with E-state index >= 15 is 0 Å². The van der Waals surface area contributed by atoms with Crippen LogP contribution in [0.1, 0.15) is 35.6 Å². The van der Waals surface area contributed by atoms with Crippen molar-refractivity contribution in [2.24, 2.45) is 0 Å². The highest BCUT2D eigenvalue weighted by Gasteiger charge is 2.36. The summed E-state index contributed by atoms with van der Waals surface area (Å²) in [6.07, 6.45) is 5.79.